The quantitative estimate of drug-likeness (QED) is 0.327. The van der Waals surface area contributed by atoms with Crippen molar-refractivity contribution in [3.05, 3.63) is 34.8 Å². The van der Waals surface area contributed by atoms with Crippen LogP contribution in [0.2, 0.25) is 0 Å². The number of esters is 1. The first-order chi connectivity index (χ1) is 15.5. The molecule has 0 spiro atoms. The lowest BCUT2D eigenvalue weighted by atomic mass is 10.1. The smallest absolute Gasteiger partial charge is 0.350 e. The maximum Gasteiger partial charge on any atom is 0.350 e. The van der Waals surface area contributed by atoms with Crippen LogP contribution in [0.25, 0.3) is 16.2 Å². The zero-order valence-electron chi connectivity index (χ0n) is 19.4. The van der Waals surface area contributed by atoms with Gasteiger partial charge in [0.2, 0.25) is 0 Å². The summed E-state index contributed by atoms with van der Waals surface area (Å²) in [6.45, 7) is 8.21. The van der Waals surface area contributed by atoms with E-state index in [9.17, 15) is 4.79 Å². The van der Waals surface area contributed by atoms with Gasteiger partial charge in [-0.05, 0) is 64.8 Å². The maximum atomic E-state index is 12.5. The van der Waals surface area contributed by atoms with Crippen molar-refractivity contribution in [2.75, 3.05) is 11.9 Å². The Labute approximate surface area is 194 Å². The van der Waals surface area contributed by atoms with Crippen LogP contribution in [0.3, 0.4) is 0 Å². The van der Waals surface area contributed by atoms with E-state index in [1.165, 1.54) is 37.0 Å². The number of nitrogens with zero attached hydrogens (tertiary/aromatic N) is 2. The molecule has 1 saturated carbocycles. The topological polar surface area (TPSA) is 64.9 Å². The summed E-state index contributed by atoms with van der Waals surface area (Å²) in [6, 6.07) is 8.52. The van der Waals surface area contributed by atoms with Crippen LogP contribution in [-0.4, -0.2) is 34.1 Å². The zero-order valence-corrected chi connectivity index (χ0v) is 20.3. The molecule has 0 unspecified atom stereocenters. The molecule has 2 heterocycles. The van der Waals surface area contributed by atoms with Crippen LogP contribution in [-0.2, 0) is 4.74 Å². The highest BCUT2D eigenvalue weighted by atomic mass is 32.1. The predicted octanol–water partition coefficient (Wildman–Crippen LogP) is 6.47. The highest BCUT2D eigenvalue weighted by Gasteiger charge is 2.25. The fraction of sp³-hybridized carbons (Fsp3) is 0.520. The molecule has 0 amide bonds. The summed E-state index contributed by atoms with van der Waals surface area (Å²) in [5.74, 6) is 1.54. The van der Waals surface area contributed by atoms with E-state index in [0.29, 0.717) is 17.5 Å². The van der Waals surface area contributed by atoms with Crippen LogP contribution < -0.4 is 10.1 Å². The second-order valence-electron chi connectivity index (χ2n) is 8.69. The van der Waals surface area contributed by atoms with Crippen LogP contribution in [0.1, 0.15) is 74.7 Å². The number of ether oxygens (including phenoxy) is 2. The molecule has 3 aromatic rings. The number of fused-ring (bicyclic) bond motifs is 1. The molecule has 0 atom stereocenters. The summed E-state index contributed by atoms with van der Waals surface area (Å²) >= 11 is 1.39. The van der Waals surface area contributed by atoms with Gasteiger partial charge < -0.3 is 14.8 Å². The Balaban J connectivity index is 1.76. The second kappa shape index (κ2) is 9.94. The molecule has 1 aliphatic carbocycles. The Morgan fingerprint density at radius 3 is 2.50 bits per heavy atom. The van der Waals surface area contributed by atoms with E-state index in [1.54, 1.807) is 0 Å². The van der Waals surface area contributed by atoms with Gasteiger partial charge in [-0.1, -0.05) is 37.0 Å². The van der Waals surface area contributed by atoms with Crippen molar-refractivity contribution in [1.29, 1.82) is 0 Å². The Morgan fingerprint density at radius 2 is 1.88 bits per heavy atom. The first-order valence-electron chi connectivity index (χ1n) is 11.7. The highest BCUT2D eigenvalue weighted by Crippen LogP contribution is 2.37. The minimum Gasteiger partial charge on any atom is -0.491 e. The lowest BCUT2D eigenvalue weighted by Gasteiger charge is -2.19. The van der Waals surface area contributed by atoms with Crippen molar-refractivity contribution in [3.63, 3.8) is 0 Å². The third-order valence-electron chi connectivity index (χ3n) is 5.86. The average molecular weight is 456 g/mol. The van der Waals surface area contributed by atoms with Gasteiger partial charge in [0.1, 0.15) is 22.1 Å². The molecule has 1 aliphatic rings. The number of rotatable bonds is 7. The van der Waals surface area contributed by atoms with Crippen molar-refractivity contribution >= 4 is 28.1 Å². The van der Waals surface area contributed by atoms with Crippen LogP contribution in [0, 0.1) is 6.92 Å². The van der Waals surface area contributed by atoms with E-state index in [2.05, 4.69) is 21.9 Å². The number of hydrogen-bond acceptors (Lipinski definition) is 6. The summed E-state index contributed by atoms with van der Waals surface area (Å²) in [6.07, 6.45) is 7.53. The Kier molecular flexibility index (Phi) is 7.04. The molecule has 0 aliphatic heterocycles. The Hall–Kier alpha value is -2.54. The van der Waals surface area contributed by atoms with Crippen molar-refractivity contribution in [1.82, 2.24) is 9.38 Å². The van der Waals surface area contributed by atoms with Gasteiger partial charge in [0.05, 0.1) is 12.7 Å². The lowest BCUT2D eigenvalue weighted by molar-refractivity contribution is 0.0531. The van der Waals surface area contributed by atoms with E-state index in [-0.39, 0.29) is 12.1 Å². The molecule has 1 aromatic carbocycles. The number of nitrogens with one attached hydrogen (secondary N) is 1. The van der Waals surface area contributed by atoms with E-state index < -0.39 is 0 Å². The number of carbonyl (C=O) groups excluding carboxylic acids is 1. The molecule has 32 heavy (non-hydrogen) atoms. The number of anilines is 1. The van der Waals surface area contributed by atoms with E-state index in [0.717, 1.165) is 46.3 Å². The fourth-order valence-corrected chi connectivity index (χ4v) is 5.37. The molecule has 4 rings (SSSR count). The number of imidazole rings is 1. The average Bonchev–Trinajstić information content (AvgIpc) is 3.14. The standard InChI is InChI=1S/C25H33N3O3S/c1-5-30-24(29)22-17(4)28-23(26-19-10-8-6-7-9-11-19)21(27-25(28)32-22)18-12-14-20(15-13-18)31-16(2)3/h12-16,19,26H,5-11H2,1-4H3. The summed E-state index contributed by atoms with van der Waals surface area (Å²) in [5.41, 5.74) is 2.82. The minimum atomic E-state index is -0.280. The van der Waals surface area contributed by atoms with Gasteiger partial charge in [-0.15, -0.1) is 0 Å². The van der Waals surface area contributed by atoms with Crippen LogP contribution >= 0.6 is 11.3 Å². The third kappa shape index (κ3) is 4.77. The second-order valence-corrected chi connectivity index (χ2v) is 9.67. The largest absolute Gasteiger partial charge is 0.491 e. The fourth-order valence-electron chi connectivity index (χ4n) is 4.35. The normalized spacial score (nSPS) is 15.2. The summed E-state index contributed by atoms with van der Waals surface area (Å²) < 4.78 is 13.2. The molecule has 2 aromatic heterocycles. The summed E-state index contributed by atoms with van der Waals surface area (Å²) in [7, 11) is 0. The number of aryl methyl sites for hydroxylation is 1. The van der Waals surface area contributed by atoms with Gasteiger partial charge in [0, 0.05) is 17.3 Å². The lowest BCUT2D eigenvalue weighted by Crippen LogP contribution is -2.20. The highest BCUT2D eigenvalue weighted by molar-refractivity contribution is 7.19. The monoisotopic (exact) mass is 455 g/mol. The number of thiazole rings is 1. The predicted molar refractivity (Wildman–Crippen MR) is 130 cm³/mol. The summed E-state index contributed by atoms with van der Waals surface area (Å²) in [4.78, 5) is 18.9. The van der Waals surface area contributed by atoms with Crippen LogP contribution in [0.5, 0.6) is 5.75 Å². The molecule has 7 heteroatoms. The zero-order chi connectivity index (χ0) is 22.7. The van der Waals surface area contributed by atoms with Gasteiger partial charge in [-0.2, -0.15) is 0 Å². The number of hydrogen-bond donors (Lipinski definition) is 1. The molecule has 6 nitrogen and oxygen atoms in total. The third-order valence-corrected chi connectivity index (χ3v) is 6.98. The molecular formula is C25H33N3O3S. The van der Waals surface area contributed by atoms with Crippen molar-refractivity contribution in [3.8, 4) is 17.0 Å². The number of aromatic nitrogens is 2. The van der Waals surface area contributed by atoms with E-state index >= 15 is 0 Å². The minimum absolute atomic E-state index is 0.134. The maximum absolute atomic E-state index is 12.5. The van der Waals surface area contributed by atoms with Gasteiger partial charge in [0.25, 0.3) is 0 Å². The van der Waals surface area contributed by atoms with Crippen molar-refractivity contribution in [2.45, 2.75) is 78.4 Å². The molecule has 1 fully saturated rings. The van der Waals surface area contributed by atoms with Gasteiger partial charge in [-0.3, -0.25) is 4.40 Å². The van der Waals surface area contributed by atoms with Gasteiger partial charge in [0.15, 0.2) is 4.96 Å². The van der Waals surface area contributed by atoms with Gasteiger partial charge in [-0.25, -0.2) is 9.78 Å². The molecule has 1 N–H and O–H groups in total. The van der Waals surface area contributed by atoms with E-state index in [1.807, 2.05) is 39.8 Å². The SMILES string of the molecule is CCOC(=O)c1sc2nc(-c3ccc(OC(C)C)cc3)c(NC3CCCCCC3)n2c1C. The molecule has 0 saturated heterocycles. The van der Waals surface area contributed by atoms with E-state index in [4.69, 9.17) is 14.5 Å². The van der Waals surface area contributed by atoms with Gasteiger partial charge >= 0.3 is 5.97 Å². The number of carbonyl (C=O) groups is 1. The Morgan fingerprint density at radius 1 is 1.19 bits per heavy atom. The summed E-state index contributed by atoms with van der Waals surface area (Å²) in [5, 5.41) is 3.81. The Bertz CT molecular complexity index is 1060. The molecule has 0 radical (unpaired) electrons. The van der Waals surface area contributed by atoms with Crippen molar-refractivity contribution < 1.29 is 14.3 Å². The molecular weight excluding hydrogens is 422 g/mol. The molecule has 172 valence electrons. The van der Waals surface area contributed by atoms with Crippen LogP contribution in [0.4, 0.5) is 5.82 Å². The molecule has 0 bridgehead atoms. The first-order valence-corrected chi connectivity index (χ1v) is 12.5. The first kappa shape index (κ1) is 22.6. The number of benzene rings is 1. The van der Waals surface area contributed by atoms with Crippen LogP contribution in [0.15, 0.2) is 24.3 Å². The van der Waals surface area contributed by atoms with Crippen molar-refractivity contribution in [2.24, 2.45) is 0 Å².